The van der Waals surface area contributed by atoms with E-state index in [1.165, 1.54) is 181 Å². The molecule has 0 aromatic carbocycles. The quantitative estimate of drug-likeness (QED) is 0.0259. The Balaban J connectivity index is -0.000000926. The van der Waals surface area contributed by atoms with Gasteiger partial charge < -0.3 is 29.3 Å². The van der Waals surface area contributed by atoms with Crippen molar-refractivity contribution in [3.63, 3.8) is 0 Å². The predicted molar refractivity (Wildman–Crippen MR) is 215 cm³/mol. The molecule has 53 heavy (non-hydrogen) atoms. The van der Waals surface area contributed by atoms with Crippen molar-refractivity contribution in [2.45, 2.75) is 232 Å². The van der Waals surface area contributed by atoms with Crippen LogP contribution in [-0.2, 0) is 28.7 Å². The Morgan fingerprint density at radius 3 is 0.679 bits per heavy atom. The van der Waals surface area contributed by atoms with Crippen LogP contribution in [0.2, 0.25) is 0 Å². The van der Waals surface area contributed by atoms with E-state index >= 15 is 0 Å². The van der Waals surface area contributed by atoms with Gasteiger partial charge in [0.15, 0.2) is 0 Å². The topological polar surface area (TPSA) is 133 Å². The Labute approximate surface area is 366 Å². The van der Waals surface area contributed by atoms with Gasteiger partial charge in [0.2, 0.25) is 0 Å². The van der Waals surface area contributed by atoms with Crippen molar-refractivity contribution in [3.05, 3.63) is 0 Å². The molecule has 0 spiro atoms. The third-order valence-electron chi connectivity index (χ3n) is 10.2. The number of carbonyl (C=O) groups excluding carboxylic acids is 4. The number of rotatable bonds is 38. The maximum absolute atomic E-state index is 11.3. The van der Waals surface area contributed by atoms with Crippen LogP contribution >= 0.6 is 0 Å². The van der Waals surface area contributed by atoms with Gasteiger partial charge in [0.05, 0.1) is 38.0 Å². The average molecular weight is 876 g/mol. The Morgan fingerprint density at radius 1 is 0.358 bits per heavy atom. The maximum Gasteiger partial charge on any atom is 2.00 e. The van der Waals surface area contributed by atoms with E-state index in [0.717, 1.165) is 38.5 Å². The Kier molecular flexibility index (Phi) is 49.1. The second-order valence-corrected chi connectivity index (χ2v) is 15.0. The van der Waals surface area contributed by atoms with Crippen LogP contribution in [0.1, 0.15) is 232 Å². The molecule has 0 heterocycles. The molecule has 0 aliphatic heterocycles. The van der Waals surface area contributed by atoms with E-state index in [0.29, 0.717) is 12.8 Å². The molecule has 0 bridgehead atoms. The van der Waals surface area contributed by atoms with E-state index in [9.17, 15) is 29.4 Å². The molecule has 8 nitrogen and oxygen atoms in total. The number of aliphatic carboxylic acids is 2. The molecule has 2 atom stereocenters. The van der Waals surface area contributed by atoms with E-state index in [-0.39, 0.29) is 48.9 Å². The summed E-state index contributed by atoms with van der Waals surface area (Å²) >= 11 is 0. The molecule has 9 heteroatoms. The van der Waals surface area contributed by atoms with E-state index in [1.54, 1.807) is 0 Å². The summed E-state index contributed by atoms with van der Waals surface area (Å²) in [7, 11) is 2.43. The Bertz CT molecular complexity index is 755. The zero-order chi connectivity index (χ0) is 38.9. The van der Waals surface area contributed by atoms with Gasteiger partial charge in [-0.15, -0.1) is 0 Å². The van der Waals surface area contributed by atoms with Gasteiger partial charge in [0, 0.05) is 0 Å². The van der Waals surface area contributed by atoms with E-state index in [2.05, 4.69) is 23.3 Å². The van der Waals surface area contributed by atoms with Crippen molar-refractivity contribution in [2.75, 3.05) is 14.2 Å². The minimum absolute atomic E-state index is 0. The number of hydrogen-bond donors (Lipinski definition) is 0. The molecular weight excluding hydrogens is 794 g/mol. The molecule has 0 aromatic rings. The van der Waals surface area contributed by atoms with E-state index < -0.39 is 35.7 Å². The number of unbranched alkanes of at least 4 members (excludes halogenated alkanes) is 30. The van der Waals surface area contributed by atoms with Crippen LogP contribution in [0, 0.1) is 11.8 Å². The summed E-state index contributed by atoms with van der Waals surface area (Å²) in [5.74, 6) is -6.23. The second-order valence-electron chi connectivity index (χ2n) is 15.0. The summed E-state index contributed by atoms with van der Waals surface area (Å²) in [6, 6.07) is 0. The number of esters is 2. The Morgan fingerprint density at radius 2 is 0.528 bits per heavy atom. The molecule has 308 valence electrons. The third kappa shape index (κ3) is 40.9. The van der Waals surface area contributed by atoms with Crippen molar-refractivity contribution in [3.8, 4) is 0 Å². The number of carboxylic acids is 2. The van der Waals surface area contributed by atoms with Gasteiger partial charge in [0.1, 0.15) is 0 Å². The van der Waals surface area contributed by atoms with Crippen LogP contribution in [0.5, 0.6) is 0 Å². The van der Waals surface area contributed by atoms with Crippen molar-refractivity contribution in [2.24, 2.45) is 11.8 Å². The average Bonchev–Trinajstić information content (AvgIpc) is 3.13. The number of ether oxygens (including phenoxy) is 2. The van der Waals surface area contributed by atoms with E-state index in [4.69, 9.17) is 0 Å². The number of hydrogen-bond acceptors (Lipinski definition) is 8. The molecule has 0 amide bonds. The minimum Gasteiger partial charge on any atom is -0.549 e. The monoisotopic (exact) mass is 877 g/mol. The molecule has 0 saturated carbocycles. The maximum atomic E-state index is 11.3. The first-order valence-corrected chi connectivity index (χ1v) is 21.8. The van der Waals surface area contributed by atoms with Gasteiger partial charge in [-0.3, -0.25) is 9.59 Å². The SMILES string of the molecule is CCCCCCCCCCCCCCCCCCC(C(=O)[O-])C(=O)OC.CCCCCCCCCCCCCCCCCCC(C(=O)[O-])C(=O)OC.[Ba+2]. The van der Waals surface area contributed by atoms with Crippen molar-refractivity contribution < 1.29 is 38.9 Å². The predicted octanol–water partition coefficient (Wildman–Crippen LogP) is 9.97. The number of methoxy groups -OCH3 is 2. The molecule has 0 radical (unpaired) electrons. The van der Waals surface area contributed by atoms with Crippen molar-refractivity contribution >= 4 is 72.8 Å². The van der Waals surface area contributed by atoms with E-state index in [1.807, 2.05) is 0 Å². The molecule has 0 rings (SSSR count). The molecule has 0 fully saturated rings. The first kappa shape index (κ1) is 56.8. The fourth-order valence-electron chi connectivity index (χ4n) is 6.74. The van der Waals surface area contributed by atoms with Crippen LogP contribution in [-0.4, -0.2) is 87.0 Å². The summed E-state index contributed by atoms with van der Waals surface area (Å²) in [6.45, 7) is 4.52. The van der Waals surface area contributed by atoms with Gasteiger partial charge in [-0.1, -0.05) is 219 Å². The van der Waals surface area contributed by atoms with Gasteiger partial charge in [-0.05, 0) is 12.8 Å². The van der Waals surface area contributed by atoms with Gasteiger partial charge in [0.25, 0.3) is 0 Å². The fraction of sp³-hybridized carbons (Fsp3) is 0.909. The Hall–Kier alpha value is -0.549. The number of carboxylic acid groups (broad SMARTS) is 2. The molecule has 0 N–H and O–H groups in total. The summed E-state index contributed by atoms with van der Waals surface area (Å²) in [5, 5.41) is 21.8. The third-order valence-corrected chi connectivity index (χ3v) is 10.2. The number of carbonyl (C=O) groups is 4. The largest absolute Gasteiger partial charge is 2.00 e. The first-order valence-electron chi connectivity index (χ1n) is 21.8. The zero-order valence-electron chi connectivity index (χ0n) is 35.2. The zero-order valence-corrected chi connectivity index (χ0v) is 39.6. The second kappa shape index (κ2) is 45.8. The summed E-state index contributed by atoms with van der Waals surface area (Å²) < 4.78 is 8.99. The van der Waals surface area contributed by atoms with Crippen LogP contribution in [0.3, 0.4) is 0 Å². The standard InChI is InChI=1S/2C22H42O4.Ba/c2*1-3-4-5-6-7-8-9-10-11-12-13-14-15-16-17-18-19-20(21(23)24)22(25)26-2;/h2*20H,3-19H2,1-2H3,(H,23,24);/q;;+2/p-2. The molecule has 0 aromatic heterocycles. The van der Waals surface area contributed by atoms with Crippen molar-refractivity contribution in [1.82, 2.24) is 0 Å². The van der Waals surface area contributed by atoms with Crippen LogP contribution < -0.4 is 10.2 Å². The molecule has 0 aliphatic carbocycles. The molecule has 2 unspecified atom stereocenters. The first-order chi connectivity index (χ1) is 25.3. The van der Waals surface area contributed by atoms with Crippen molar-refractivity contribution in [1.29, 1.82) is 0 Å². The van der Waals surface area contributed by atoms with Gasteiger partial charge >= 0.3 is 60.8 Å². The van der Waals surface area contributed by atoms with Crippen LogP contribution in [0.25, 0.3) is 0 Å². The van der Waals surface area contributed by atoms with Crippen LogP contribution in [0.15, 0.2) is 0 Å². The summed E-state index contributed by atoms with van der Waals surface area (Å²) in [6.07, 6.45) is 41.5. The van der Waals surface area contributed by atoms with Crippen LogP contribution in [0.4, 0.5) is 0 Å². The van der Waals surface area contributed by atoms with Gasteiger partial charge in [-0.2, -0.15) is 0 Å². The summed E-state index contributed by atoms with van der Waals surface area (Å²) in [4.78, 5) is 44.4. The van der Waals surface area contributed by atoms with Gasteiger partial charge in [-0.25, -0.2) is 0 Å². The summed E-state index contributed by atoms with van der Waals surface area (Å²) in [5.41, 5.74) is 0. The molecule has 0 aliphatic rings. The smallest absolute Gasteiger partial charge is 0.549 e. The molecular formula is C44H82BaO8. The normalized spacial score (nSPS) is 11.8. The fourth-order valence-corrected chi connectivity index (χ4v) is 6.74. The molecule has 0 saturated heterocycles. The minimum atomic E-state index is -1.32.